The molecule has 0 saturated heterocycles. The van der Waals surface area contributed by atoms with Gasteiger partial charge in [0.15, 0.2) is 0 Å². The molecule has 0 saturated carbocycles. The zero-order valence-corrected chi connectivity index (χ0v) is 15.7. The van der Waals surface area contributed by atoms with Crippen molar-refractivity contribution in [2.24, 2.45) is 0 Å². The van der Waals surface area contributed by atoms with Crippen molar-refractivity contribution in [3.8, 4) is 5.95 Å². The summed E-state index contributed by atoms with van der Waals surface area (Å²) in [6.45, 7) is 3.89. The van der Waals surface area contributed by atoms with Crippen LogP contribution in [-0.4, -0.2) is 31.5 Å². The SMILES string of the molecule is Cc1cc(C)n(-c2nc(SCC(=O)[O-])c3c4c(sc3n2)CCCC4)n1. The highest BCUT2D eigenvalue weighted by Crippen LogP contribution is 2.40. The Morgan fingerprint density at radius 3 is 2.84 bits per heavy atom. The first-order chi connectivity index (χ1) is 12.0. The molecule has 3 heterocycles. The van der Waals surface area contributed by atoms with Crippen LogP contribution in [0.4, 0.5) is 0 Å². The van der Waals surface area contributed by atoms with Crippen LogP contribution in [-0.2, 0) is 17.6 Å². The van der Waals surface area contributed by atoms with Gasteiger partial charge < -0.3 is 9.90 Å². The van der Waals surface area contributed by atoms with Crippen molar-refractivity contribution in [2.45, 2.75) is 44.6 Å². The molecule has 0 radical (unpaired) electrons. The van der Waals surface area contributed by atoms with E-state index in [0.717, 1.165) is 45.9 Å². The molecule has 0 aliphatic heterocycles. The third-order valence-electron chi connectivity index (χ3n) is 4.30. The van der Waals surface area contributed by atoms with E-state index >= 15 is 0 Å². The normalized spacial score (nSPS) is 14.0. The first-order valence-corrected chi connectivity index (χ1v) is 10.0. The Kier molecular flexibility index (Phi) is 4.24. The number of carboxylic acid groups (broad SMARTS) is 1. The summed E-state index contributed by atoms with van der Waals surface area (Å²) in [5, 5.41) is 17.2. The van der Waals surface area contributed by atoms with Gasteiger partial charge in [0.25, 0.3) is 5.95 Å². The minimum absolute atomic E-state index is 0.118. The Balaban J connectivity index is 1.91. The molecular formula is C17H17N4O2S2-. The highest BCUT2D eigenvalue weighted by Gasteiger charge is 2.22. The van der Waals surface area contributed by atoms with E-state index in [0.29, 0.717) is 5.95 Å². The molecule has 130 valence electrons. The van der Waals surface area contributed by atoms with E-state index in [2.05, 4.69) is 10.1 Å². The number of rotatable bonds is 4. The summed E-state index contributed by atoms with van der Waals surface area (Å²) in [4.78, 5) is 22.6. The van der Waals surface area contributed by atoms with Crippen LogP contribution in [0.2, 0.25) is 0 Å². The smallest absolute Gasteiger partial charge is 0.253 e. The number of thioether (sulfide) groups is 1. The average Bonchev–Trinajstić information content (AvgIpc) is 3.11. The van der Waals surface area contributed by atoms with Gasteiger partial charge in [-0.15, -0.1) is 11.3 Å². The lowest BCUT2D eigenvalue weighted by Crippen LogP contribution is -2.24. The summed E-state index contributed by atoms with van der Waals surface area (Å²) >= 11 is 2.91. The number of carbonyl (C=O) groups is 1. The molecule has 1 aliphatic carbocycles. The third kappa shape index (κ3) is 3.04. The Morgan fingerprint density at radius 1 is 1.32 bits per heavy atom. The molecule has 0 bridgehead atoms. The maximum atomic E-state index is 11.0. The van der Waals surface area contributed by atoms with Crippen molar-refractivity contribution in [3.05, 3.63) is 27.9 Å². The summed E-state index contributed by atoms with van der Waals surface area (Å²) in [7, 11) is 0. The van der Waals surface area contributed by atoms with Crippen molar-refractivity contribution in [2.75, 3.05) is 5.75 Å². The first kappa shape index (κ1) is 16.5. The van der Waals surface area contributed by atoms with E-state index < -0.39 is 5.97 Å². The number of aliphatic carboxylic acids is 1. The van der Waals surface area contributed by atoms with Crippen LogP contribution in [0.25, 0.3) is 16.2 Å². The average molecular weight is 373 g/mol. The second kappa shape index (κ2) is 6.42. The molecule has 0 amide bonds. The van der Waals surface area contributed by atoms with Crippen molar-refractivity contribution < 1.29 is 9.90 Å². The second-order valence-corrected chi connectivity index (χ2v) is 8.27. The molecule has 0 N–H and O–H groups in total. The molecule has 3 aromatic heterocycles. The predicted octanol–water partition coefficient (Wildman–Crippen LogP) is 2.21. The highest BCUT2D eigenvalue weighted by molar-refractivity contribution is 8.00. The maximum Gasteiger partial charge on any atom is 0.253 e. The molecule has 1 aliphatic rings. The van der Waals surface area contributed by atoms with Crippen LogP contribution in [0.1, 0.15) is 34.7 Å². The minimum atomic E-state index is -1.09. The fraction of sp³-hybridized carbons (Fsp3) is 0.412. The zero-order chi connectivity index (χ0) is 17.6. The molecule has 0 aromatic carbocycles. The molecule has 0 spiro atoms. The van der Waals surface area contributed by atoms with Gasteiger partial charge in [-0.05, 0) is 51.2 Å². The molecule has 0 atom stereocenters. The molecule has 0 fully saturated rings. The second-order valence-electron chi connectivity index (χ2n) is 6.22. The van der Waals surface area contributed by atoms with Crippen molar-refractivity contribution in [1.82, 2.24) is 19.7 Å². The van der Waals surface area contributed by atoms with Gasteiger partial charge in [-0.1, -0.05) is 11.8 Å². The van der Waals surface area contributed by atoms with Gasteiger partial charge in [-0.25, -0.2) is 9.67 Å². The van der Waals surface area contributed by atoms with E-state index in [4.69, 9.17) is 4.98 Å². The Bertz CT molecular complexity index is 977. The summed E-state index contributed by atoms with van der Waals surface area (Å²) in [6, 6.07) is 1.97. The van der Waals surface area contributed by atoms with Crippen LogP contribution in [0, 0.1) is 13.8 Å². The zero-order valence-electron chi connectivity index (χ0n) is 14.0. The van der Waals surface area contributed by atoms with E-state index in [1.54, 1.807) is 16.0 Å². The molecule has 25 heavy (non-hydrogen) atoms. The molecule has 3 aromatic rings. The minimum Gasteiger partial charge on any atom is -0.549 e. The van der Waals surface area contributed by atoms with E-state index in [1.807, 2.05) is 19.9 Å². The number of thiophene rings is 1. The third-order valence-corrected chi connectivity index (χ3v) is 6.43. The lowest BCUT2D eigenvalue weighted by Gasteiger charge is -2.12. The van der Waals surface area contributed by atoms with Gasteiger partial charge in [0.2, 0.25) is 0 Å². The first-order valence-electron chi connectivity index (χ1n) is 8.21. The molecular weight excluding hydrogens is 356 g/mol. The number of carbonyl (C=O) groups excluding carboxylic acids is 1. The fourth-order valence-corrected chi connectivity index (χ4v) is 5.36. The summed E-state index contributed by atoms with van der Waals surface area (Å²) in [5.41, 5.74) is 3.15. The molecule has 0 unspecified atom stereocenters. The van der Waals surface area contributed by atoms with Gasteiger partial charge in [0, 0.05) is 21.7 Å². The van der Waals surface area contributed by atoms with Gasteiger partial charge in [0.1, 0.15) is 9.86 Å². The lowest BCUT2D eigenvalue weighted by molar-refractivity contribution is -0.301. The predicted molar refractivity (Wildman–Crippen MR) is 96.4 cm³/mol. The van der Waals surface area contributed by atoms with Crippen molar-refractivity contribution in [1.29, 1.82) is 0 Å². The molecule has 6 nitrogen and oxygen atoms in total. The number of hydrogen-bond donors (Lipinski definition) is 0. The number of fused-ring (bicyclic) bond motifs is 3. The van der Waals surface area contributed by atoms with Crippen LogP contribution < -0.4 is 5.11 Å². The summed E-state index contributed by atoms with van der Waals surface area (Å²) < 4.78 is 1.72. The van der Waals surface area contributed by atoms with E-state index in [9.17, 15) is 9.90 Å². The van der Waals surface area contributed by atoms with E-state index in [-0.39, 0.29) is 5.75 Å². The topological polar surface area (TPSA) is 83.7 Å². The van der Waals surface area contributed by atoms with Crippen molar-refractivity contribution >= 4 is 39.3 Å². The van der Waals surface area contributed by atoms with Gasteiger partial charge >= 0.3 is 0 Å². The fourth-order valence-electron chi connectivity index (χ4n) is 3.27. The van der Waals surface area contributed by atoms with Gasteiger partial charge in [-0.3, -0.25) is 0 Å². The monoisotopic (exact) mass is 373 g/mol. The summed E-state index contributed by atoms with van der Waals surface area (Å²) in [6.07, 6.45) is 4.43. The quantitative estimate of drug-likeness (QED) is 0.515. The lowest BCUT2D eigenvalue weighted by atomic mass is 9.97. The highest BCUT2D eigenvalue weighted by atomic mass is 32.2. The Labute approximate surface area is 153 Å². The summed E-state index contributed by atoms with van der Waals surface area (Å²) in [5.74, 6) is -0.709. The number of nitrogens with zero attached hydrogens (tertiary/aromatic N) is 4. The maximum absolute atomic E-state index is 11.0. The van der Waals surface area contributed by atoms with Gasteiger partial charge in [-0.2, -0.15) is 10.1 Å². The van der Waals surface area contributed by atoms with Crippen LogP contribution in [0.15, 0.2) is 11.1 Å². The van der Waals surface area contributed by atoms with Crippen molar-refractivity contribution in [3.63, 3.8) is 0 Å². The van der Waals surface area contributed by atoms with Crippen LogP contribution in [0.3, 0.4) is 0 Å². The van der Waals surface area contributed by atoms with Gasteiger partial charge in [0.05, 0.1) is 11.7 Å². The standard InChI is InChI=1S/C17H18N4O2S2/c1-9-7-10(2)21(20-9)17-18-15(24-8-13(22)23)14-11-5-3-4-6-12(11)25-16(14)19-17/h7H,3-6,8H2,1-2H3,(H,22,23)/p-1. The van der Waals surface area contributed by atoms with E-state index in [1.165, 1.54) is 28.6 Å². The van der Waals surface area contributed by atoms with Crippen LogP contribution >= 0.6 is 23.1 Å². The molecule has 4 rings (SSSR count). The number of aromatic nitrogens is 4. The van der Waals surface area contributed by atoms with Crippen LogP contribution in [0.5, 0.6) is 0 Å². The molecule has 8 heteroatoms. The Hall–Kier alpha value is -1.93. The number of carboxylic acids is 1. The number of aryl methyl sites for hydroxylation is 4. The Morgan fingerprint density at radius 2 is 2.12 bits per heavy atom. The number of hydrogen-bond acceptors (Lipinski definition) is 7. The largest absolute Gasteiger partial charge is 0.549 e.